The second-order valence-electron chi connectivity index (χ2n) is 12.2. The minimum absolute atomic E-state index is 0.00536. The number of guanidine groups is 1. The molecule has 17 heteroatoms. The predicted molar refractivity (Wildman–Crippen MR) is 173 cm³/mol. The van der Waals surface area contributed by atoms with Crippen LogP contribution in [0.15, 0.2) is 4.99 Å². The van der Waals surface area contributed by atoms with Gasteiger partial charge in [0.25, 0.3) is 0 Å². The first-order chi connectivity index (χ1) is 21.4. The van der Waals surface area contributed by atoms with Gasteiger partial charge < -0.3 is 54.6 Å². The minimum Gasteiger partial charge on any atom is -0.394 e. The summed E-state index contributed by atoms with van der Waals surface area (Å²) in [5, 5.41) is 22.0. The molecule has 0 aliphatic heterocycles. The van der Waals surface area contributed by atoms with Gasteiger partial charge in [0.1, 0.15) is 30.2 Å². The predicted octanol–water partition coefficient (Wildman–Crippen LogP) is -2.96. The summed E-state index contributed by atoms with van der Waals surface area (Å²) in [7, 11) is 0. The van der Waals surface area contributed by atoms with Gasteiger partial charge in [-0.25, -0.2) is 0 Å². The Kier molecular flexibility index (Phi) is 19.8. The first-order valence-electron chi connectivity index (χ1n) is 15.6. The molecule has 0 aromatic rings. The maximum Gasteiger partial charge on any atom is 0.243 e. The van der Waals surface area contributed by atoms with Gasteiger partial charge in [0, 0.05) is 6.54 Å². The fourth-order valence-electron chi connectivity index (χ4n) is 4.31. The van der Waals surface area contributed by atoms with Crippen LogP contribution < -0.4 is 49.5 Å². The summed E-state index contributed by atoms with van der Waals surface area (Å²) in [4.78, 5) is 80.4. The van der Waals surface area contributed by atoms with Crippen molar-refractivity contribution in [3.05, 3.63) is 0 Å². The Bertz CT molecular complexity index is 1050. The van der Waals surface area contributed by atoms with Crippen molar-refractivity contribution in [2.24, 2.45) is 45.7 Å². The van der Waals surface area contributed by atoms with E-state index in [-0.39, 0.29) is 43.1 Å². The number of nitrogens with one attached hydrogen (secondary N) is 5. The summed E-state index contributed by atoms with van der Waals surface area (Å²) in [6.45, 7) is 10.0. The van der Waals surface area contributed by atoms with Crippen LogP contribution in [0.5, 0.6) is 0 Å². The molecule has 0 fully saturated rings. The van der Waals surface area contributed by atoms with Gasteiger partial charge in [-0.15, -0.1) is 0 Å². The summed E-state index contributed by atoms with van der Waals surface area (Å²) >= 11 is 0. The average molecular weight is 657 g/mol. The number of aliphatic hydroxyl groups is 1. The SMILES string of the molecule is CC[C@H](C)[C@H](NC(=O)[C@H](CC(C)C)NC(=O)[C@@H](N)CO)C(=O)NCC(=O)N[C@@H](CCCN=C(N)N)C(=O)N[C@@H](CC(C)C)C(N)=O. The molecule has 0 aliphatic carbocycles. The van der Waals surface area contributed by atoms with Crippen LogP contribution in [0.2, 0.25) is 0 Å². The van der Waals surface area contributed by atoms with E-state index in [4.69, 9.17) is 22.9 Å². The third-order valence-corrected chi connectivity index (χ3v) is 7.05. The molecule has 6 amide bonds. The van der Waals surface area contributed by atoms with Crippen LogP contribution in [0, 0.1) is 17.8 Å². The monoisotopic (exact) mass is 656 g/mol. The number of hydrogen-bond acceptors (Lipinski definition) is 9. The van der Waals surface area contributed by atoms with Gasteiger partial charge in [-0.05, 0) is 43.4 Å². The molecule has 17 nitrogen and oxygen atoms in total. The van der Waals surface area contributed by atoms with Crippen molar-refractivity contribution < 1.29 is 33.9 Å². The van der Waals surface area contributed by atoms with Crippen LogP contribution in [-0.4, -0.2) is 96.4 Å². The number of primary amides is 1. The Morgan fingerprint density at radius 2 is 1.28 bits per heavy atom. The Balaban J connectivity index is 5.66. The van der Waals surface area contributed by atoms with Crippen molar-refractivity contribution in [2.75, 3.05) is 19.7 Å². The van der Waals surface area contributed by atoms with Crippen molar-refractivity contribution in [2.45, 2.75) is 104 Å². The second-order valence-corrected chi connectivity index (χ2v) is 12.2. The third-order valence-electron chi connectivity index (χ3n) is 7.05. The topological polar surface area (TPSA) is 299 Å². The van der Waals surface area contributed by atoms with Gasteiger partial charge in [0.05, 0.1) is 13.2 Å². The van der Waals surface area contributed by atoms with Crippen LogP contribution in [0.4, 0.5) is 0 Å². The molecule has 0 aromatic carbocycles. The summed E-state index contributed by atoms with van der Waals surface area (Å²) in [6, 6.07) is -5.35. The molecule has 0 heterocycles. The Morgan fingerprint density at radius 1 is 0.739 bits per heavy atom. The summed E-state index contributed by atoms with van der Waals surface area (Å²) in [6.07, 6.45) is 1.46. The van der Waals surface area contributed by atoms with E-state index in [1.165, 1.54) is 0 Å². The van der Waals surface area contributed by atoms with Crippen molar-refractivity contribution in [1.29, 1.82) is 0 Å². The molecule has 0 radical (unpaired) electrons. The molecule has 46 heavy (non-hydrogen) atoms. The van der Waals surface area contributed by atoms with Gasteiger partial charge in [0.15, 0.2) is 5.96 Å². The molecule has 0 saturated heterocycles. The normalized spacial score (nSPS) is 15.0. The van der Waals surface area contributed by atoms with Crippen molar-refractivity contribution in [3.63, 3.8) is 0 Å². The van der Waals surface area contributed by atoms with Crippen LogP contribution in [-0.2, 0) is 28.8 Å². The molecule has 0 bridgehead atoms. The lowest BCUT2D eigenvalue weighted by atomic mass is 9.96. The van der Waals surface area contributed by atoms with Crippen molar-refractivity contribution in [1.82, 2.24) is 26.6 Å². The summed E-state index contributed by atoms with van der Waals surface area (Å²) in [5.74, 6) is -4.50. The second kappa shape index (κ2) is 21.7. The van der Waals surface area contributed by atoms with E-state index >= 15 is 0 Å². The molecule has 0 spiro atoms. The highest BCUT2D eigenvalue weighted by molar-refractivity contribution is 5.95. The first-order valence-corrected chi connectivity index (χ1v) is 15.6. The zero-order valence-electron chi connectivity index (χ0n) is 27.9. The number of carbonyl (C=O) groups excluding carboxylic acids is 6. The van der Waals surface area contributed by atoms with E-state index in [9.17, 15) is 33.9 Å². The Hall–Kier alpha value is -3.99. The highest BCUT2D eigenvalue weighted by Gasteiger charge is 2.32. The van der Waals surface area contributed by atoms with E-state index in [1.54, 1.807) is 6.92 Å². The number of nitrogens with zero attached hydrogens (tertiary/aromatic N) is 1. The lowest BCUT2D eigenvalue weighted by molar-refractivity contribution is -0.134. The van der Waals surface area contributed by atoms with Crippen molar-refractivity contribution in [3.8, 4) is 0 Å². The molecular weight excluding hydrogens is 600 g/mol. The number of amides is 6. The van der Waals surface area contributed by atoms with E-state index < -0.39 is 78.8 Å². The molecule has 0 aliphatic rings. The minimum atomic E-state index is -1.22. The number of carbonyl (C=O) groups is 6. The Labute approximate surface area is 271 Å². The quantitative estimate of drug-likeness (QED) is 0.0321. The van der Waals surface area contributed by atoms with E-state index in [2.05, 4.69) is 31.6 Å². The molecular formula is C29H56N10O7. The van der Waals surface area contributed by atoms with Gasteiger partial charge >= 0.3 is 0 Å². The van der Waals surface area contributed by atoms with Gasteiger partial charge in [-0.3, -0.25) is 33.8 Å². The van der Waals surface area contributed by atoms with Crippen LogP contribution >= 0.6 is 0 Å². The lowest BCUT2D eigenvalue weighted by Gasteiger charge is -2.27. The number of nitrogens with two attached hydrogens (primary N) is 4. The molecule has 264 valence electrons. The standard InChI is InChI=1S/C29H56N10O7/c1-7-17(6)23(39-27(45)21(12-16(4)5)38-25(43)18(30)14-40)28(46)35-13-22(41)36-19(9-8-10-34-29(32)33)26(44)37-20(24(31)42)11-15(2)3/h15-21,23,40H,7-14,30H2,1-6H3,(H2,31,42)(H,35,46)(H,36,41)(H,37,44)(H,38,43)(H,39,45)(H4,32,33,34)/t17-,18-,19-,20-,21-,23-/m0/s1. The van der Waals surface area contributed by atoms with E-state index in [0.29, 0.717) is 19.3 Å². The number of rotatable bonds is 22. The lowest BCUT2D eigenvalue weighted by Crippen LogP contribution is -2.58. The van der Waals surface area contributed by atoms with Crippen molar-refractivity contribution >= 4 is 41.4 Å². The van der Waals surface area contributed by atoms with Gasteiger partial charge in [-0.1, -0.05) is 48.0 Å². The van der Waals surface area contributed by atoms with Crippen LogP contribution in [0.25, 0.3) is 0 Å². The summed E-state index contributed by atoms with van der Waals surface area (Å²) < 4.78 is 0. The molecule has 0 aromatic heterocycles. The van der Waals surface area contributed by atoms with Crippen LogP contribution in [0.1, 0.15) is 73.6 Å². The van der Waals surface area contributed by atoms with Gasteiger partial charge in [0.2, 0.25) is 35.4 Å². The largest absolute Gasteiger partial charge is 0.394 e. The first kappa shape index (κ1) is 42.0. The zero-order valence-corrected chi connectivity index (χ0v) is 27.9. The highest BCUT2D eigenvalue weighted by atomic mass is 16.3. The maximum atomic E-state index is 13.2. The highest BCUT2D eigenvalue weighted by Crippen LogP contribution is 2.11. The molecule has 14 N–H and O–H groups in total. The fraction of sp³-hybridized carbons (Fsp3) is 0.759. The smallest absolute Gasteiger partial charge is 0.243 e. The van der Waals surface area contributed by atoms with Crippen LogP contribution in [0.3, 0.4) is 0 Å². The third kappa shape index (κ3) is 16.9. The molecule has 6 atom stereocenters. The number of aliphatic hydroxyl groups excluding tert-OH is 1. The summed E-state index contributed by atoms with van der Waals surface area (Å²) in [5.41, 5.74) is 21.7. The number of aliphatic imine (C=N–C) groups is 1. The fourth-order valence-corrected chi connectivity index (χ4v) is 4.31. The molecule has 0 saturated carbocycles. The number of hydrogen-bond donors (Lipinski definition) is 10. The Morgan fingerprint density at radius 3 is 1.78 bits per heavy atom. The van der Waals surface area contributed by atoms with E-state index in [1.807, 2.05) is 34.6 Å². The van der Waals surface area contributed by atoms with Gasteiger partial charge in [-0.2, -0.15) is 0 Å². The molecule has 0 unspecified atom stereocenters. The van der Waals surface area contributed by atoms with E-state index in [0.717, 1.165) is 0 Å². The maximum absolute atomic E-state index is 13.2. The zero-order chi connectivity index (χ0) is 35.6. The average Bonchev–Trinajstić information content (AvgIpc) is 2.97. The molecule has 0 rings (SSSR count).